The molecule has 34 heavy (non-hydrogen) atoms. The fraction of sp³-hybridized carbons (Fsp3) is 0.192. The van der Waals surface area contributed by atoms with Gasteiger partial charge in [-0.25, -0.2) is 0 Å². The molecular weight excluding hydrogens is 428 g/mol. The van der Waals surface area contributed by atoms with Crippen LogP contribution in [-0.2, 0) is 17.8 Å². The highest BCUT2D eigenvalue weighted by molar-refractivity contribution is 5.95. The van der Waals surface area contributed by atoms with E-state index >= 15 is 0 Å². The number of rotatable bonds is 7. The van der Waals surface area contributed by atoms with Gasteiger partial charge in [0.25, 0.3) is 5.91 Å². The third-order valence-corrected chi connectivity index (χ3v) is 5.46. The molecule has 0 aliphatic carbocycles. The van der Waals surface area contributed by atoms with Crippen LogP contribution in [-0.4, -0.2) is 32.0 Å². The molecule has 8 nitrogen and oxygen atoms in total. The maximum atomic E-state index is 12.4. The van der Waals surface area contributed by atoms with Gasteiger partial charge in [0.1, 0.15) is 0 Å². The van der Waals surface area contributed by atoms with E-state index < -0.39 is 0 Å². The van der Waals surface area contributed by atoms with Crippen LogP contribution in [0.1, 0.15) is 39.0 Å². The third kappa shape index (κ3) is 5.92. The standard InChI is InChI=1S/C26H26N6O2/c1-18-8-11-21(19(2)16-18)14-15-24(33)27-29-26(34)23-12-9-20(10-13-23)17-32-30-25(28-31-32)22-6-4-3-5-7-22/h3-13,16H,14-15,17H2,1-2H3,(H,27,33)(H,29,34). The monoisotopic (exact) mass is 454 g/mol. The molecule has 2 N–H and O–H groups in total. The van der Waals surface area contributed by atoms with Crippen molar-refractivity contribution in [2.45, 2.75) is 33.2 Å². The molecule has 0 radical (unpaired) electrons. The van der Waals surface area contributed by atoms with Crippen LogP contribution in [0.3, 0.4) is 0 Å². The van der Waals surface area contributed by atoms with Gasteiger partial charge in [0.05, 0.1) is 6.54 Å². The number of carbonyl (C=O) groups is 2. The second kappa shape index (κ2) is 10.5. The molecule has 0 spiro atoms. The SMILES string of the molecule is Cc1ccc(CCC(=O)NNC(=O)c2ccc(Cn3nnc(-c4ccccc4)n3)cc2)c(C)c1. The minimum Gasteiger partial charge on any atom is -0.273 e. The van der Waals surface area contributed by atoms with Gasteiger partial charge in [0.15, 0.2) is 0 Å². The number of nitrogens with one attached hydrogen (secondary N) is 2. The summed E-state index contributed by atoms with van der Waals surface area (Å²) in [6.45, 7) is 4.50. The van der Waals surface area contributed by atoms with E-state index in [0.29, 0.717) is 30.8 Å². The van der Waals surface area contributed by atoms with Crippen molar-refractivity contribution in [3.8, 4) is 11.4 Å². The molecule has 2 amide bonds. The Labute approximate surface area is 198 Å². The lowest BCUT2D eigenvalue weighted by atomic mass is 10.0. The Morgan fingerprint density at radius 1 is 0.912 bits per heavy atom. The second-order valence-electron chi connectivity index (χ2n) is 8.14. The number of hydrazine groups is 1. The van der Waals surface area contributed by atoms with Crippen LogP contribution in [0.4, 0.5) is 0 Å². The van der Waals surface area contributed by atoms with Crippen molar-refractivity contribution in [2.24, 2.45) is 0 Å². The predicted molar refractivity (Wildman–Crippen MR) is 129 cm³/mol. The van der Waals surface area contributed by atoms with Crippen LogP contribution in [0.2, 0.25) is 0 Å². The quantitative estimate of drug-likeness (QED) is 0.417. The Morgan fingerprint density at radius 3 is 2.41 bits per heavy atom. The number of amides is 2. The van der Waals surface area contributed by atoms with Crippen molar-refractivity contribution in [1.29, 1.82) is 0 Å². The van der Waals surface area contributed by atoms with E-state index in [1.807, 2.05) is 68.4 Å². The minimum atomic E-state index is -0.378. The summed E-state index contributed by atoms with van der Waals surface area (Å²) in [5.41, 5.74) is 10.7. The van der Waals surface area contributed by atoms with Gasteiger partial charge in [-0.05, 0) is 54.3 Å². The van der Waals surface area contributed by atoms with Gasteiger partial charge in [-0.3, -0.25) is 20.4 Å². The van der Waals surface area contributed by atoms with Crippen LogP contribution < -0.4 is 10.9 Å². The Balaban J connectivity index is 1.26. The van der Waals surface area contributed by atoms with Crippen molar-refractivity contribution in [2.75, 3.05) is 0 Å². The largest absolute Gasteiger partial charge is 0.273 e. The van der Waals surface area contributed by atoms with E-state index in [9.17, 15) is 9.59 Å². The first kappa shape index (κ1) is 22.8. The fourth-order valence-electron chi connectivity index (χ4n) is 3.57. The lowest BCUT2D eigenvalue weighted by Gasteiger charge is -2.09. The summed E-state index contributed by atoms with van der Waals surface area (Å²) in [7, 11) is 0. The summed E-state index contributed by atoms with van der Waals surface area (Å²) in [4.78, 5) is 26.0. The van der Waals surface area contributed by atoms with E-state index in [0.717, 1.165) is 22.3 Å². The first-order chi connectivity index (χ1) is 16.5. The number of hydrogen-bond acceptors (Lipinski definition) is 5. The smallest absolute Gasteiger partial charge is 0.269 e. The summed E-state index contributed by atoms with van der Waals surface area (Å²) < 4.78 is 0. The topological polar surface area (TPSA) is 102 Å². The molecule has 0 aliphatic rings. The van der Waals surface area contributed by atoms with E-state index in [1.54, 1.807) is 12.1 Å². The first-order valence-corrected chi connectivity index (χ1v) is 11.1. The molecule has 0 aliphatic heterocycles. The zero-order valence-electron chi connectivity index (χ0n) is 19.2. The Bertz CT molecular complexity index is 1280. The van der Waals surface area contributed by atoms with E-state index in [1.165, 1.54) is 10.4 Å². The Kier molecular flexibility index (Phi) is 7.07. The highest BCUT2D eigenvalue weighted by atomic mass is 16.2. The number of benzene rings is 3. The summed E-state index contributed by atoms with van der Waals surface area (Å²) >= 11 is 0. The van der Waals surface area contributed by atoms with Crippen LogP contribution in [0.15, 0.2) is 72.8 Å². The van der Waals surface area contributed by atoms with Crippen molar-refractivity contribution < 1.29 is 9.59 Å². The zero-order chi connectivity index (χ0) is 23.9. The summed E-state index contributed by atoms with van der Waals surface area (Å²) in [5, 5.41) is 12.6. The maximum Gasteiger partial charge on any atom is 0.269 e. The summed E-state index contributed by atoms with van der Waals surface area (Å²) in [5.74, 6) is -0.0574. The van der Waals surface area contributed by atoms with Gasteiger partial charge < -0.3 is 0 Å². The second-order valence-corrected chi connectivity index (χ2v) is 8.14. The molecule has 0 saturated heterocycles. The van der Waals surface area contributed by atoms with Crippen LogP contribution in [0.25, 0.3) is 11.4 Å². The molecule has 0 bridgehead atoms. The average molecular weight is 455 g/mol. The lowest BCUT2D eigenvalue weighted by molar-refractivity contribution is -0.121. The highest BCUT2D eigenvalue weighted by Crippen LogP contribution is 2.14. The predicted octanol–water partition coefficient (Wildman–Crippen LogP) is 3.40. The number of carbonyl (C=O) groups excluding carboxylic acids is 2. The normalized spacial score (nSPS) is 10.6. The first-order valence-electron chi connectivity index (χ1n) is 11.1. The molecule has 0 saturated carbocycles. The number of hydrogen-bond donors (Lipinski definition) is 2. The Hall–Kier alpha value is -4.33. The molecule has 0 atom stereocenters. The molecule has 1 heterocycles. The van der Waals surface area contributed by atoms with Crippen LogP contribution >= 0.6 is 0 Å². The summed E-state index contributed by atoms with van der Waals surface area (Å²) in [6, 6.07) is 22.8. The molecule has 4 aromatic rings. The van der Waals surface area contributed by atoms with Crippen molar-refractivity contribution in [3.63, 3.8) is 0 Å². The molecular formula is C26H26N6O2. The zero-order valence-corrected chi connectivity index (χ0v) is 19.2. The number of aryl methyl sites for hydroxylation is 3. The fourth-order valence-corrected chi connectivity index (χ4v) is 3.57. The van der Waals surface area contributed by atoms with Crippen molar-refractivity contribution in [1.82, 2.24) is 31.1 Å². The van der Waals surface area contributed by atoms with Gasteiger partial charge in [-0.2, -0.15) is 4.80 Å². The third-order valence-electron chi connectivity index (χ3n) is 5.46. The molecule has 4 rings (SSSR count). The minimum absolute atomic E-state index is 0.239. The van der Waals surface area contributed by atoms with Crippen LogP contribution in [0, 0.1) is 13.8 Å². The molecule has 0 unspecified atom stereocenters. The van der Waals surface area contributed by atoms with Crippen molar-refractivity contribution in [3.05, 3.63) is 101 Å². The number of nitrogens with zero attached hydrogens (tertiary/aromatic N) is 4. The highest BCUT2D eigenvalue weighted by Gasteiger charge is 2.10. The molecule has 0 fully saturated rings. The molecule has 1 aromatic heterocycles. The summed E-state index contributed by atoms with van der Waals surface area (Å²) in [6.07, 6.45) is 0.907. The van der Waals surface area contributed by atoms with E-state index in [-0.39, 0.29) is 11.8 Å². The number of tetrazole rings is 1. The molecule has 8 heteroatoms. The molecule has 172 valence electrons. The Morgan fingerprint density at radius 2 is 1.68 bits per heavy atom. The van der Waals surface area contributed by atoms with Gasteiger partial charge in [-0.15, -0.1) is 10.2 Å². The maximum absolute atomic E-state index is 12.4. The van der Waals surface area contributed by atoms with Gasteiger partial charge in [-0.1, -0.05) is 66.2 Å². The molecule has 3 aromatic carbocycles. The van der Waals surface area contributed by atoms with Crippen molar-refractivity contribution >= 4 is 11.8 Å². The van der Waals surface area contributed by atoms with Gasteiger partial charge in [0.2, 0.25) is 11.7 Å². The number of aromatic nitrogens is 4. The van der Waals surface area contributed by atoms with E-state index in [2.05, 4.69) is 32.3 Å². The van der Waals surface area contributed by atoms with E-state index in [4.69, 9.17) is 0 Å². The van der Waals surface area contributed by atoms with Gasteiger partial charge >= 0.3 is 0 Å². The lowest BCUT2D eigenvalue weighted by Crippen LogP contribution is -2.41. The average Bonchev–Trinajstić information content (AvgIpc) is 3.31. The van der Waals surface area contributed by atoms with Crippen LogP contribution in [0.5, 0.6) is 0 Å². The van der Waals surface area contributed by atoms with Gasteiger partial charge in [0, 0.05) is 17.5 Å².